The van der Waals surface area contributed by atoms with Crippen LogP contribution in [0.15, 0.2) is 16.7 Å². The highest BCUT2D eigenvalue weighted by Gasteiger charge is 2.24. The van der Waals surface area contributed by atoms with Gasteiger partial charge < -0.3 is 15.1 Å². The summed E-state index contributed by atoms with van der Waals surface area (Å²) in [5, 5.41) is 6.31. The zero-order valence-corrected chi connectivity index (χ0v) is 10.6. The summed E-state index contributed by atoms with van der Waals surface area (Å²) in [6.45, 7) is 1.41. The number of carbonyl (C=O) groups is 1. The molecule has 98 valence electrons. The lowest BCUT2D eigenvalue weighted by atomic mass is 9.93. The maximum Gasteiger partial charge on any atom is 0.234 e. The van der Waals surface area contributed by atoms with Crippen molar-refractivity contribution in [2.45, 2.75) is 38.1 Å². The van der Waals surface area contributed by atoms with E-state index in [1.807, 2.05) is 6.07 Å². The minimum atomic E-state index is 0.0923. The predicted octanol–water partition coefficient (Wildman–Crippen LogP) is 1.77. The summed E-state index contributed by atoms with van der Waals surface area (Å²) in [4.78, 5) is 11.8. The third-order valence-corrected chi connectivity index (χ3v) is 3.80. The third-order valence-electron chi connectivity index (χ3n) is 3.80. The Hall–Kier alpha value is -1.29. The number of amides is 1. The number of carbonyl (C=O) groups excluding carboxylic acids is 1. The van der Waals surface area contributed by atoms with Crippen LogP contribution in [-0.2, 0) is 11.2 Å². The van der Waals surface area contributed by atoms with E-state index in [2.05, 4.69) is 10.6 Å². The fourth-order valence-corrected chi connectivity index (χ4v) is 2.59. The van der Waals surface area contributed by atoms with Gasteiger partial charge in [0.15, 0.2) is 0 Å². The molecule has 1 unspecified atom stereocenters. The Morgan fingerprint density at radius 3 is 3.11 bits per heavy atom. The number of hydrogen-bond acceptors (Lipinski definition) is 3. The summed E-state index contributed by atoms with van der Waals surface area (Å²) in [7, 11) is 0. The molecule has 0 bridgehead atoms. The van der Waals surface area contributed by atoms with Crippen molar-refractivity contribution in [2.24, 2.45) is 5.92 Å². The largest absolute Gasteiger partial charge is 0.469 e. The van der Waals surface area contributed by atoms with Gasteiger partial charge in [0, 0.05) is 12.0 Å². The van der Waals surface area contributed by atoms with Crippen molar-refractivity contribution in [3.8, 4) is 0 Å². The van der Waals surface area contributed by atoms with Gasteiger partial charge in [-0.05, 0) is 44.2 Å². The van der Waals surface area contributed by atoms with E-state index in [1.165, 1.54) is 12.8 Å². The van der Waals surface area contributed by atoms with Crippen molar-refractivity contribution >= 4 is 5.91 Å². The molecule has 4 heteroatoms. The fraction of sp³-hybridized carbons (Fsp3) is 0.643. The molecule has 1 fully saturated rings. The van der Waals surface area contributed by atoms with E-state index < -0.39 is 0 Å². The average molecular weight is 248 g/mol. The van der Waals surface area contributed by atoms with Gasteiger partial charge in [0.2, 0.25) is 5.91 Å². The topological polar surface area (TPSA) is 54.3 Å². The number of fused-ring (bicyclic) bond motifs is 1. The SMILES string of the molecule is O=C(CNCC1CC1)NC1CCCc2occc21. The van der Waals surface area contributed by atoms with Gasteiger partial charge in [-0.3, -0.25) is 4.79 Å². The van der Waals surface area contributed by atoms with Gasteiger partial charge >= 0.3 is 0 Å². The zero-order chi connectivity index (χ0) is 12.4. The van der Waals surface area contributed by atoms with E-state index in [0.29, 0.717) is 6.54 Å². The van der Waals surface area contributed by atoms with Crippen LogP contribution in [0.2, 0.25) is 0 Å². The van der Waals surface area contributed by atoms with Crippen LogP contribution in [0, 0.1) is 5.92 Å². The molecule has 0 saturated heterocycles. The number of nitrogens with one attached hydrogen (secondary N) is 2. The van der Waals surface area contributed by atoms with E-state index >= 15 is 0 Å². The molecule has 1 saturated carbocycles. The third kappa shape index (κ3) is 2.75. The van der Waals surface area contributed by atoms with Gasteiger partial charge in [0.1, 0.15) is 5.76 Å². The minimum Gasteiger partial charge on any atom is -0.469 e. The molecule has 0 aliphatic heterocycles. The van der Waals surface area contributed by atoms with E-state index in [1.54, 1.807) is 6.26 Å². The molecule has 2 aliphatic carbocycles. The highest BCUT2D eigenvalue weighted by Crippen LogP contribution is 2.30. The molecule has 1 heterocycles. The van der Waals surface area contributed by atoms with Crippen LogP contribution in [-0.4, -0.2) is 19.0 Å². The first-order chi connectivity index (χ1) is 8.83. The molecule has 18 heavy (non-hydrogen) atoms. The van der Waals surface area contributed by atoms with Gasteiger partial charge in [-0.1, -0.05) is 0 Å². The van der Waals surface area contributed by atoms with Crippen molar-refractivity contribution in [1.82, 2.24) is 10.6 Å². The zero-order valence-electron chi connectivity index (χ0n) is 10.6. The molecule has 4 nitrogen and oxygen atoms in total. The quantitative estimate of drug-likeness (QED) is 0.835. The normalized spacial score (nSPS) is 22.6. The predicted molar refractivity (Wildman–Crippen MR) is 68.1 cm³/mol. The van der Waals surface area contributed by atoms with Gasteiger partial charge in [0.25, 0.3) is 0 Å². The van der Waals surface area contributed by atoms with Crippen LogP contribution in [0.1, 0.15) is 43.0 Å². The molecular weight excluding hydrogens is 228 g/mol. The summed E-state index contributed by atoms with van der Waals surface area (Å²) in [5.74, 6) is 1.94. The number of hydrogen-bond donors (Lipinski definition) is 2. The van der Waals surface area contributed by atoms with Crippen LogP contribution in [0.4, 0.5) is 0 Å². The van der Waals surface area contributed by atoms with Crippen molar-refractivity contribution in [3.05, 3.63) is 23.7 Å². The highest BCUT2D eigenvalue weighted by atomic mass is 16.3. The summed E-state index contributed by atoms with van der Waals surface area (Å²) in [5.41, 5.74) is 1.16. The number of aryl methyl sites for hydroxylation is 1. The monoisotopic (exact) mass is 248 g/mol. The molecule has 1 amide bonds. The van der Waals surface area contributed by atoms with E-state index in [4.69, 9.17) is 4.42 Å². The number of rotatable bonds is 5. The van der Waals surface area contributed by atoms with Gasteiger partial charge in [-0.25, -0.2) is 0 Å². The second-order valence-electron chi connectivity index (χ2n) is 5.39. The summed E-state index contributed by atoms with van der Waals surface area (Å²) < 4.78 is 5.42. The van der Waals surface area contributed by atoms with Gasteiger partial charge in [-0.2, -0.15) is 0 Å². The van der Waals surface area contributed by atoms with Crippen molar-refractivity contribution < 1.29 is 9.21 Å². The lowest BCUT2D eigenvalue weighted by molar-refractivity contribution is -0.121. The molecule has 1 atom stereocenters. The Balaban J connectivity index is 1.48. The molecule has 1 aromatic heterocycles. The summed E-state index contributed by atoms with van der Waals surface area (Å²) in [6.07, 6.45) is 7.45. The van der Waals surface area contributed by atoms with Crippen LogP contribution in [0.5, 0.6) is 0 Å². The minimum absolute atomic E-state index is 0.0923. The Kier molecular flexibility index (Phi) is 3.37. The fourth-order valence-electron chi connectivity index (χ4n) is 2.59. The molecule has 0 aromatic carbocycles. The second-order valence-corrected chi connectivity index (χ2v) is 5.39. The van der Waals surface area contributed by atoms with Crippen molar-refractivity contribution in [1.29, 1.82) is 0 Å². The first-order valence-corrected chi connectivity index (χ1v) is 6.89. The molecule has 2 aliphatic rings. The number of furan rings is 1. The van der Waals surface area contributed by atoms with Crippen LogP contribution in [0.3, 0.4) is 0 Å². The Bertz CT molecular complexity index is 423. The van der Waals surface area contributed by atoms with Crippen LogP contribution < -0.4 is 10.6 Å². The molecule has 3 rings (SSSR count). The maximum absolute atomic E-state index is 11.8. The van der Waals surface area contributed by atoms with E-state index in [0.717, 1.165) is 43.0 Å². The first kappa shape index (κ1) is 11.8. The molecule has 0 spiro atoms. The molecule has 0 radical (unpaired) electrons. The molecule has 2 N–H and O–H groups in total. The van der Waals surface area contributed by atoms with Crippen molar-refractivity contribution in [2.75, 3.05) is 13.1 Å². The van der Waals surface area contributed by atoms with Crippen molar-refractivity contribution in [3.63, 3.8) is 0 Å². The average Bonchev–Trinajstić information content (AvgIpc) is 3.05. The highest BCUT2D eigenvalue weighted by molar-refractivity contribution is 5.78. The van der Waals surface area contributed by atoms with E-state index in [-0.39, 0.29) is 11.9 Å². The summed E-state index contributed by atoms with van der Waals surface area (Å²) >= 11 is 0. The Morgan fingerprint density at radius 1 is 1.39 bits per heavy atom. The maximum atomic E-state index is 11.8. The smallest absolute Gasteiger partial charge is 0.234 e. The Morgan fingerprint density at radius 2 is 2.28 bits per heavy atom. The second kappa shape index (κ2) is 5.14. The lowest BCUT2D eigenvalue weighted by Crippen LogP contribution is -2.37. The standard InChI is InChI=1S/C14H20N2O2/c17-14(9-15-8-10-4-5-10)16-12-2-1-3-13-11(12)6-7-18-13/h6-7,10,12,15H,1-5,8-9H2,(H,16,17). The summed E-state index contributed by atoms with van der Waals surface area (Å²) in [6, 6.07) is 2.12. The van der Waals surface area contributed by atoms with Gasteiger partial charge in [0.05, 0.1) is 18.8 Å². The van der Waals surface area contributed by atoms with Crippen LogP contribution >= 0.6 is 0 Å². The Labute approximate surface area is 107 Å². The van der Waals surface area contributed by atoms with Crippen LogP contribution in [0.25, 0.3) is 0 Å². The molecular formula is C14H20N2O2. The van der Waals surface area contributed by atoms with E-state index in [9.17, 15) is 4.79 Å². The van der Waals surface area contributed by atoms with Gasteiger partial charge in [-0.15, -0.1) is 0 Å². The molecule has 1 aromatic rings. The lowest BCUT2D eigenvalue weighted by Gasteiger charge is -2.22. The first-order valence-electron chi connectivity index (χ1n) is 6.89.